The summed E-state index contributed by atoms with van der Waals surface area (Å²) in [4.78, 5) is 15.6. The van der Waals surface area contributed by atoms with E-state index in [-0.39, 0.29) is 10.9 Å². The molecule has 1 aliphatic rings. The molecule has 0 spiro atoms. The first kappa shape index (κ1) is 20.4. The second kappa shape index (κ2) is 7.73. The third-order valence-electron chi connectivity index (χ3n) is 4.60. The number of aryl methyl sites for hydroxylation is 2. The summed E-state index contributed by atoms with van der Waals surface area (Å²) >= 11 is 0. The first-order valence-corrected chi connectivity index (χ1v) is 11.1. The summed E-state index contributed by atoms with van der Waals surface area (Å²) in [5, 5.41) is 0. The topological polar surface area (TPSA) is 44.8 Å². The molecule has 154 valence electrons. The van der Waals surface area contributed by atoms with Crippen LogP contribution in [-0.4, -0.2) is 11.8 Å². The minimum atomic E-state index is -0.689. The number of carbonyl (C=O) groups is 1. The summed E-state index contributed by atoms with van der Waals surface area (Å²) in [6.45, 7) is 9.37. The second-order valence-corrected chi connectivity index (χ2v) is 10.2. The van der Waals surface area contributed by atoms with Gasteiger partial charge in [0.05, 0.1) is 0 Å². The van der Waals surface area contributed by atoms with Gasteiger partial charge in [-0.15, -0.1) is 0 Å². The van der Waals surface area contributed by atoms with Crippen molar-refractivity contribution in [2.45, 2.75) is 54.9 Å². The Kier molecular flexibility index (Phi) is 5.24. The van der Waals surface area contributed by atoms with Gasteiger partial charge in [-0.25, -0.2) is 4.79 Å². The highest BCUT2D eigenvalue weighted by Crippen LogP contribution is 2.47. The predicted molar refractivity (Wildman–Crippen MR) is 118 cm³/mol. The van der Waals surface area contributed by atoms with Gasteiger partial charge in [0, 0.05) is 12.1 Å². The molecule has 0 bridgehead atoms. The Balaban J connectivity index is 1.75. The quantitative estimate of drug-likeness (QED) is 0.202. The van der Waals surface area contributed by atoms with Crippen molar-refractivity contribution in [1.29, 1.82) is 0 Å². The lowest BCUT2D eigenvalue weighted by atomic mass is 10.1. The van der Waals surface area contributed by atoms with Crippen LogP contribution in [0.5, 0.6) is 17.2 Å². The van der Waals surface area contributed by atoms with Gasteiger partial charge in [0.15, 0.2) is 16.4 Å². The molecular weight excluding hydrogens is 396 g/mol. The average molecular weight is 422 g/mol. The minimum Gasteiger partial charge on any atom is -0.447 e. The Hall–Kier alpha value is -2.92. The number of ether oxygens (including phenoxy) is 3. The van der Waals surface area contributed by atoms with E-state index in [1.54, 1.807) is 0 Å². The molecule has 0 atom stereocenters. The van der Waals surface area contributed by atoms with Gasteiger partial charge in [-0.2, -0.15) is 0 Å². The van der Waals surface area contributed by atoms with Gasteiger partial charge in [0.2, 0.25) is 9.79 Å². The Morgan fingerprint density at radius 3 is 1.87 bits per heavy atom. The highest BCUT2D eigenvalue weighted by molar-refractivity contribution is 7.97. The zero-order valence-corrected chi connectivity index (χ0v) is 18.6. The fraction of sp³-hybridized carbons (Fsp3) is 0.240. The van der Waals surface area contributed by atoms with Gasteiger partial charge in [0.1, 0.15) is 22.2 Å². The molecule has 0 fully saturated rings. The molecule has 0 aromatic heterocycles. The summed E-state index contributed by atoms with van der Waals surface area (Å²) < 4.78 is 17.0. The number of hydrogen-bond acceptors (Lipinski definition) is 4. The Bertz CT molecular complexity index is 1050. The van der Waals surface area contributed by atoms with Crippen molar-refractivity contribution in [3.05, 3.63) is 71.8 Å². The van der Waals surface area contributed by atoms with E-state index in [0.717, 1.165) is 37.3 Å². The van der Waals surface area contributed by atoms with Crippen LogP contribution in [0.25, 0.3) is 0 Å². The molecule has 1 heterocycles. The number of fused-ring (bicyclic) bond motifs is 2. The summed E-state index contributed by atoms with van der Waals surface area (Å²) in [7, 11) is -0.312. The predicted octanol–water partition coefficient (Wildman–Crippen LogP) is 6.82. The molecule has 30 heavy (non-hydrogen) atoms. The van der Waals surface area contributed by atoms with Gasteiger partial charge in [-0.3, -0.25) is 0 Å². The van der Waals surface area contributed by atoms with Crippen molar-refractivity contribution >= 4 is 17.1 Å². The molecular formula is C25H25O4S+. The monoisotopic (exact) mass is 421 g/mol. The minimum absolute atomic E-state index is 0.312. The highest BCUT2D eigenvalue weighted by atomic mass is 32.2. The SMILES string of the molecule is Cc1cc([S+]2c3ccccc3Oc3ccccc32)cc(C)c1OC(=O)OC(C)(C)C. The molecule has 5 heteroatoms. The van der Waals surface area contributed by atoms with Crippen LogP contribution < -0.4 is 9.47 Å². The van der Waals surface area contributed by atoms with Crippen LogP contribution in [0.3, 0.4) is 0 Å². The number of para-hydroxylation sites is 2. The lowest BCUT2D eigenvalue weighted by Gasteiger charge is -2.21. The van der Waals surface area contributed by atoms with Crippen molar-refractivity contribution in [2.75, 3.05) is 0 Å². The van der Waals surface area contributed by atoms with E-state index in [1.165, 1.54) is 0 Å². The summed E-state index contributed by atoms with van der Waals surface area (Å²) in [6.07, 6.45) is -0.689. The first-order valence-electron chi connectivity index (χ1n) is 9.85. The number of carbonyl (C=O) groups excluding carboxylic acids is 1. The van der Waals surface area contributed by atoms with Crippen LogP contribution in [0.15, 0.2) is 75.4 Å². The fourth-order valence-electron chi connectivity index (χ4n) is 3.44. The molecule has 0 N–H and O–H groups in total. The maximum Gasteiger partial charge on any atom is 0.514 e. The molecule has 0 saturated carbocycles. The lowest BCUT2D eigenvalue weighted by Crippen LogP contribution is -2.26. The average Bonchev–Trinajstić information content (AvgIpc) is 2.67. The first-order chi connectivity index (χ1) is 14.2. The van der Waals surface area contributed by atoms with E-state index in [2.05, 4.69) is 24.3 Å². The van der Waals surface area contributed by atoms with Crippen molar-refractivity contribution in [3.8, 4) is 17.2 Å². The van der Waals surface area contributed by atoms with Crippen molar-refractivity contribution < 1.29 is 19.0 Å². The maximum atomic E-state index is 12.2. The van der Waals surface area contributed by atoms with Crippen LogP contribution in [0, 0.1) is 13.8 Å². The van der Waals surface area contributed by atoms with E-state index in [9.17, 15) is 4.79 Å². The molecule has 1 aliphatic heterocycles. The molecule has 0 aliphatic carbocycles. The molecule has 0 radical (unpaired) electrons. The fourth-order valence-corrected chi connectivity index (χ4v) is 5.83. The van der Waals surface area contributed by atoms with E-state index < -0.39 is 11.8 Å². The Labute approximate surface area is 180 Å². The lowest BCUT2D eigenvalue weighted by molar-refractivity contribution is 0.0203. The van der Waals surface area contributed by atoms with Crippen molar-refractivity contribution in [3.63, 3.8) is 0 Å². The zero-order valence-electron chi connectivity index (χ0n) is 17.8. The normalized spacial score (nSPS) is 13.1. The van der Waals surface area contributed by atoms with Crippen LogP contribution in [-0.2, 0) is 15.6 Å². The van der Waals surface area contributed by atoms with Crippen LogP contribution >= 0.6 is 0 Å². The van der Waals surface area contributed by atoms with Crippen molar-refractivity contribution in [1.82, 2.24) is 0 Å². The van der Waals surface area contributed by atoms with Crippen LogP contribution in [0.2, 0.25) is 0 Å². The third kappa shape index (κ3) is 4.03. The van der Waals surface area contributed by atoms with E-state index in [1.807, 2.05) is 71.0 Å². The molecule has 3 aromatic carbocycles. The van der Waals surface area contributed by atoms with Gasteiger partial charge >= 0.3 is 6.16 Å². The number of rotatable bonds is 2. The Morgan fingerprint density at radius 2 is 1.37 bits per heavy atom. The number of benzene rings is 3. The van der Waals surface area contributed by atoms with Crippen LogP contribution in [0.4, 0.5) is 4.79 Å². The summed E-state index contributed by atoms with van der Waals surface area (Å²) in [5.41, 5.74) is 1.19. The van der Waals surface area contributed by atoms with Gasteiger partial charge in [-0.1, -0.05) is 24.3 Å². The second-order valence-electron chi connectivity index (χ2n) is 8.25. The largest absolute Gasteiger partial charge is 0.514 e. The number of hydrogen-bond donors (Lipinski definition) is 0. The molecule has 4 rings (SSSR count). The smallest absolute Gasteiger partial charge is 0.447 e. The zero-order chi connectivity index (χ0) is 21.5. The molecule has 3 aromatic rings. The molecule has 0 saturated heterocycles. The van der Waals surface area contributed by atoms with Gasteiger partial charge in [0.25, 0.3) is 0 Å². The van der Waals surface area contributed by atoms with Gasteiger partial charge in [-0.05, 0) is 70.0 Å². The summed E-state index contributed by atoms with van der Waals surface area (Å²) in [6, 6.07) is 20.5. The molecule has 4 nitrogen and oxygen atoms in total. The van der Waals surface area contributed by atoms with E-state index in [0.29, 0.717) is 5.75 Å². The van der Waals surface area contributed by atoms with Crippen LogP contribution in [0.1, 0.15) is 31.9 Å². The molecule has 0 unspecified atom stereocenters. The van der Waals surface area contributed by atoms with E-state index in [4.69, 9.17) is 14.2 Å². The van der Waals surface area contributed by atoms with Crippen molar-refractivity contribution in [2.24, 2.45) is 0 Å². The molecule has 0 amide bonds. The third-order valence-corrected chi connectivity index (χ3v) is 6.86. The van der Waals surface area contributed by atoms with Gasteiger partial charge < -0.3 is 14.2 Å². The highest BCUT2D eigenvalue weighted by Gasteiger charge is 2.39. The standard InChI is InChI=1S/C25H25O4S/c1-16-14-18(15-17(2)23(16)28-24(26)29-25(3,4)5)30-21-12-8-6-10-19(21)27-20-11-7-9-13-22(20)30/h6-15H,1-5H3/q+1. The maximum absolute atomic E-state index is 12.2. The summed E-state index contributed by atoms with van der Waals surface area (Å²) in [5.74, 6) is 2.30. The Morgan fingerprint density at radius 1 is 0.867 bits per heavy atom. The van der Waals surface area contributed by atoms with E-state index >= 15 is 0 Å².